The molecule has 2 aromatic carbocycles. The van der Waals surface area contributed by atoms with E-state index in [0.717, 1.165) is 59.3 Å². The molecular weight excluding hydrogens is 428 g/mol. The summed E-state index contributed by atoms with van der Waals surface area (Å²) in [4.78, 5) is 19.6. The van der Waals surface area contributed by atoms with E-state index in [4.69, 9.17) is 4.74 Å². The molecule has 34 heavy (non-hydrogen) atoms. The molecule has 8 heteroatoms. The number of amides is 1. The number of fused-ring (bicyclic) bond motifs is 1. The maximum absolute atomic E-state index is 13.5. The van der Waals surface area contributed by atoms with Crippen LogP contribution in [0.1, 0.15) is 40.7 Å². The highest BCUT2D eigenvalue weighted by molar-refractivity contribution is 5.97. The molecule has 0 radical (unpaired) electrons. The molecule has 2 N–H and O–H groups in total. The van der Waals surface area contributed by atoms with Gasteiger partial charge in [-0.05, 0) is 74.2 Å². The molecule has 1 aliphatic heterocycles. The monoisotopic (exact) mass is 454 g/mol. The van der Waals surface area contributed by atoms with E-state index in [2.05, 4.69) is 37.9 Å². The van der Waals surface area contributed by atoms with E-state index in [1.807, 2.05) is 37.3 Å². The summed E-state index contributed by atoms with van der Waals surface area (Å²) in [5.41, 5.74) is 3.83. The van der Waals surface area contributed by atoms with Crippen LogP contribution in [0.3, 0.4) is 0 Å². The Balaban J connectivity index is 1.31. The zero-order chi connectivity index (χ0) is 23.1. The smallest absolute Gasteiger partial charge is 0.252 e. The van der Waals surface area contributed by atoms with Gasteiger partial charge in [0.1, 0.15) is 12.4 Å². The van der Waals surface area contributed by atoms with Crippen LogP contribution < -0.4 is 15.4 Å². The molecule has 3 heterocycles. The van der Waals surface area contributed by atoms with Crippen LogP contribution in [0.4, 0.5) is 0 Å². The number of rotatable bonds is 7. The lowest BCUT2D eigenvalue weighted by molar-refractivity contribution is 0.0930. The van der Waals surface area contributed by atoms with Gasteiger partial charge in [-0.15, -0.1) is 0 Å². The van der Waals surface area contributed by atoms with Crippen molar-refractivity contribution in [3.8, 4) is 11.4 Å². The first-order valence-corrected chi connectivity index (χ1v) is 11.7. The fraction of sp³-hybridized carbons (Fsp3) is 0.308. The van der Waals surface area contributed by atoms with Gasteiger partial charge >= 0.3 is 0 Å². The third-order valence-corrected chi connectivity index (χ3v) is 6.80. The van der Waals surface area contributed by atoms with Gasteiger partial charge in [-0.25, -0.2) is 0 Å². The molecule has 1 atom stereocenters. The highest BCUT2D eigenvalue weighted by Crippen LogP contribution is 2.48. The van der Waals surface area contributed by atoms with Crippen molar-refractivity contribution in [1.82, 2.24) is 30.6 Å². The van der Waals surface area contributed by atoms with E-state index in [1.54, 1.807) is 23.4 Å². The molecule has 2 fully saturated rings. The number of aryl methyl sites for hydroxylation is 1. The van der Waals surface area contributed by atoms with E-state index in [9.17, 15) is 4.79 Å². The van der Waals surface area contributed by atoms with Crippen LogP contribution >= 0.6 is 0 Å². The fourth-order valence-electron chi connectivity index (χ4n) is 4.52. The fourth-order valence-corrected chi connectivity index (χ4v) is 4.52. The number of ether oxygens (including phenoxy) is 1. The molecule has 0 bridgehead atoms. The molecule has 0 unspecified atom stereocenters. The summed E-state index contributed by atoms with van der Waals surface area (Å²) >= 11 is 0. The lowest BCUT2D eigenvalue weighted by Crippen LogP contribution is -2.46. The maximum Gasteiger partial charge on any atom is 0.252 e. The molecule has 2 aromatic heterocycles. The largest absolute Gasteiger partial charge is 0.492 e. The quantitative estimate of drug-likeness (QED) is 0.445. The number of nitrogens with one attached hydrogen (secondary N) is 2. The molecule has 1 aliphatic carbocycles. The van der Waals surface area contributed by atoms with Gasteiger partial charge in [-0.2, -0.15) is 15.0 Å². The van der Waals surface area contributed by atoms with Crippen LogP contribution in [0.15, 0.2) is 61.1 Å². The first kappa shape index (κ1) is 20.8. The van der Waals surface area contributed by atoms with E-state index in [0.29, 0.717) is 18.2 Å². The molecular formula is C26H26N6O2. The van der Waals surface area contributed by atoms with Gasteiger partial charge in [0.05, 0.1) is 29.1 Å². The van der Waals surface area contributed by atoms with E-state index in [1.165, 1.54) is 0 Å². The summed E-state index contributed by atoms with van der Waals surface area (Å²) in [5, 5.41) is 16.2. The Morgan fingerprint density at radius 2 is 2.00 bits per heavy atom. The third kappa shape index (κ3) is 3.80. The lowest BCUT2D eigenvalue weighted by atomic mass is 9.97. The zero-order valence-corrected chi connectivity index (χ0v) is 19.0. The normalized spacial score (nSPS) is 18.3. The van der Waals surface area contributed by atoms with E-state index in [-0.39, 0.29) is 5.91 Å². The van der Waals surface area contributed by atoms with Crippen molar-refractivity contribution >= 4 is 16.8 Å². The summed E-state index contributed by atoms with van der Waals surface area (Å²) in [5.74, 6) is 0.623. The summed E-state index contributed by atoms with van der Waals surface area (Å²) in [7, 11) is 0. The Labute approximate surface area is 197 Å². The molecule has 6 rings (SSSR count). The summed E-state index contributed by atoms with van der Waals surface area (Å²) in [6.45, 7) is 3.61. The van der Waals surface area contributed by atoms with Gasteiger partial charge in [0.25, 0.3) is 5.91 Å². The summed E-state index contributed by atoms with van der Waals surface area (Å²) < 4.78 is 5.93. The number of pyridine rings is 1. The number of hydrogen-bond donors (Lipinski definition) is 2. The second kappa shape index (κ2) is 8.22. The van der Waals surface area contributed by atoms with Gasteiger partial charge in [0, 0.05) is 23.2 Å². The van der Waals surface area contributed by atoms with Crippen LogP contribution in [0.5, 0.6) is 5.75 Å². The van der Waals surface area contributed by atoms with Gasteiger partial charge in [0.2, 0.25) is 0 Å². The van der Waals surface area contributed by atoms with Gasteiger partial charge in [-0.1, -0.05) is 12.1 Å². The standard InChI is InChI=1S/C26H26N6O2/c1-17-4-5-20(34-16-18-6-10-27-18)15-22(17)25(33)31-26(7-8-26)23-13-19(32-29-11-12-30-32)14-24-21(23)3-2-9-28-24/h2-5,9,11-15,18,27H,6-8,10,16H2,1H3,(H,31,33)/t18-/m0/s1. The van der Waals surface area contributed by atoms with Gasteiger partial charge in [-0.3, -0.25) is 9.78 Å². The average molecular weight is 455 g/mol. The number of nitrogens with zero attached hydrogens (tertiary/aromatic N) is 4. The van der Waals surface area contributed by atoms with Gasteiger partial charge < -0.3 is 15.4 Å². The van der Waals surface area contributed by atoms with Crippen LogP contribution in [-0.4, -0.2) is 45.1 Å². The highest BCUT2D eigenvalue weighted by atomic mass is 16.5. The van der Waals surface area contributed by atoms with Crippen molar-refractivity contribution < 1.29 is 9.53 Å². The minimum Gasteiger partial charge on any atom is -0.492 e. The van der Waals surface area contributed by atoms with Crippen LogP contribution in [-0.2, 0) is 5.54 Å². The Kier molecular flexibility index (Phi) is 5.03. The summed E-state index contributed by atoms with van der Waals surface area (Å²) in [6.07, 6.45) is 7.92. The van der Waals surface area contributed by atoms with Crippen molar-refractivity contribution in [2.75, 3.05) is 13.2 Å². The maximum atomic E-state index is 13.5. The topological polar surface area (TPSA) is 94.0 Å². The van der Waals surface area contributed by atoms with Crippen molar-refractivity contribution in [2.24, 2.45) is 0 Å². The second-order valence-electron chi connectivity index (χ2n) is 9.15. The van der Waals surface area contributed by atoms with E-state index >= 15 is 0 Å². The van der Waals surface area contributed by atoms with Crippen molar-refractivity contribution in [3.63, 3.8) is 0 Å². The number of hydrogen-bond acceptors (Lipinski definition) is 6. The molecule has 172 valence electrons. The van der Waals surface area contributed by atoms with Crippen molar-refractivity contribution in [3.05, 3.63) is 77.7 Å². The SMILES string of the molecule is Cc1ccc(OC[C@@H]2CCN2)cc1C(=O)NC1(c2cc(-n3nccn3)cc3ncccc23)CC1. The summed E-state index contributed by atoms with van der Waals surface area (Å²) in [6, 6.07) is 14.1. The highest BCUT2D eigenvalue weighted by Gasteiger charge is 2.47. The molecule has 0 spiro atoms. The first-order valence-electron chi connectivity index (χ1n) is 11.7. The van der Waals surface area contributed by atoms with Crippen molar-refractivity contribution in [1.29, 1.82) is 0 Å². The lowest BCUT2D eigenvalue weighted by Gasteiger charge is -2.27. The first-order chi connectivity index (χ1) is 16.6. The Hall–Kier alpha value is -3.78. The molecule has 1 amide bonds. The Morgan fingerprint density at radius 1 is 1.18 bits per heavy atom. The van der Waals surface area contributed by atoms with E-state index < -0.39 is 5.54 Å². The third-order valence-electron chi connectivity index (χ3n) is 6.80. The average Bonchev–Trinajstić information content (AvgIpc) is 3.37. The minimum absolute atomic E-state index is 0.0955. The molecule has 2 aliphatic rings. The number of carbonyl (C=O) groups is 1. The van der Waals surface area contributed by atoms with Crippen LogP contribution in [0.25, 0.3) is 16.6 Å². The second-order valence-corrected chi connectivity index (χ2v) is 9.15. The molecule has 1 saturated carbocycles. The Morgan fingerprint density at radius 3 is 2.74 bits per heavy atom. The van der Waals surface area contributed by atoms with Crippen LogP contribution in [0, 0.1) is 6.92 Å². The predicted octanol–water partition coefficient (Wildman–Crippen LogP) is 3.28. The number of benzene rings is 2. The molecule has 4 aromatic rings. The zero-order valence-electron chi connectivity index (χ0n) is 19.0. The minimum atomic E-state index is -0.444. The number of aromatic nitrogens is 4. The predicted molar refractivity (Wildman–Crippen MR) is 128 cm³/mol. The van der Waals surface area contributed by atoms with Crippen LogP contribution in [0.2, 0.25) is 0 Å². The van der Waals surface area contributed by atoms with Crippen molar-refractivity contribution in [2.45, 2.75) is 37.8 Å². The molecule has 1 saturated heterocycles. The number of carbonyl (C=O) groups excluding carboxylic acids is 1. The Bertz CT molecular complexity index is 1360. The van der Waals surface area contributed by atoms with Gasteiger partial charge in [0.15, 0.2) is 0 Å². The molecule has 8 nitrogen and oxygen atoms in total.